The normalized spacial score (nSPS) is 16.5. The molecule has 0 spiro atoms. The molecule has 0 saturated heterocycles. The number of aryl methyl sites for hydroxylation is 2. The van der Waals surface area contributed by atoms with Crippen LogP contribution >= 0.6 is 0 Å². The van der Waals surface area contributed by atoms with Gasteiger partial charge in [0.15, 0.2) is 0 Å². The van der Waals surface area contributed by atoms with E-state index in [0.717, 1.165) is 16.8 Å². The smallest absolute Gasteiger partial charge is 0.339 e. The summed E-state index contributed by atoms with van der Waals surface area (Å²) in [7, 11) is 0. The molecule has 3 rings (SSSR count). The molecule has 1 aliphatic heterocycles. The molecular weight excluding hydrogens is 308 g/mol. The lowest BCUT2D eigenvalue weighted by Gasteiger charge is -2.10. The molecule has 6 nitrogen and oxygen atoms in total. The van der Waals surface area contributed by atoms with Crippen molar-refractivity contribution in [3.63, 3.8) is 0 Å². The maximum absolute atomic E-state index is 11.9. The number of nitrogens with zero attached hydrogens (tertiary/aromatic N) is 1. The van der Waals surface area contributed by atoms with E-state index in [0.29, 0.717) is 11.1 Å². The summed E-state index contributed by atoms with van der Waals surface area (Å²) in [5.41, 5.74) is 3.49. The average molecular weight is 324 g/mol. The highest BCUT2D eigenvalue weighted by atomic mass is 16.6. The summed E-state index contributed by atoms with van der Waals surface area (Å²) < 4.78 is 5.20. The van der Waals surface area contributed by atoms with Crippen molar-refractivity contribution >= 4 is 11.7 Å². The highest BCUT2D eigenvalue weighted by molar-refractivity contribution is 5.94. The van der Waals surface area contributed by atoms with E-state index in [1.165, 1.54) is 6.20 Å². The molecule has 0 bridgehead atoms. The van der Waals surface area contributed by atoms with Gasteiger partial charge in [-0.2, -0.15) is 0 Å². The summed E-state index contributed by atoms with van der Waals surface area (Å²) >= 11 is 0. The first-order chi connectivity index (χ1) is 11.5. The Balaban J connectivity index is 1.94. The van der Waals surface area contributed by atoms with Crippen molar-refractivity contribution in [2.45, 2.75) is 20.0 Å². The molecule has 6 heteroatoms. The lowest BCUT2D eigenvalue weighted by atomic mass is 10.0. The van der Waals surface area contributed by atoms with Gasteiger partial charge >= 0.3 is 11.7 Å². The van der Waals surface area contributed by atoms with Crippen LogP contribution in [0.15, 0.2) is 54.4 Å². The zero-order chi connectivity index (χ0) is 17.3. The van der Waals surface area contributed by atoms with Crippen molar-refractivity contribution in [2.24, 2.45) is 0 Å². The maximum atomic E-state index is 11.9. The van der Waals surface area contributed by atoms with Gasteiger partial charge in [0.1, 0.15) is 0 Å². The van der Waals surface area contributed by atoms with Crippen LogP contribution in [0, 0.1) is 24.0 Å². The molecule has 0 aliphatic carbocycles. The Morgan fingerprint density at radius 2 is 2.00 bits per heavy atom. The fraction of sp³-hybridized carbons (Fsp3) is 0.167. The zero-order valence-corrected chi connectivity index (χ0v) is 13.3. The topological polar surface area (TPSA) is 81.5 Å². The van der Waals surface area contributed by atoms with Crippen molar-refractivity contribution < 1.29 is 14.5 Å². The number of carbonyl (C=O) groups is 1. The van der Waals surface area contributed by atoms with Gasteiger partial charge in [0, 0.05) is 11.3 Å². The Kier molecular flexibility index (Phi) is 4.04. The van der Waals surface area contributed by atoms with Gasteiger partial charge in [-0.1, -0.05) is 35.9 Å². The van der Waals surface area contributed by atoms with Crippen molar-refractivity contribution in [1.29, 1.82) is 0 Å². The summed E-state index contributed by atoms with van der Waals surface area (Å²) in [5, 5.41) is 14.4. The third kappa shape index (κ3) is 2.86. The number of cyclic esters (lactones) is 1. The summed E-state index contributed by atoms with van der Waals surface area (Å²) in [5.74, 6) is -0.546. The molecule has 0 aromatic heterocycles. The molecule has 2 aromatic rings. The second-order valence-corrected chi connectivity index (χ2v) is 5.66. The minimum atomic E-state index is -1.01. The van der Waals surface area contributed by atoms with Crippen LogP contribution < -0.4 is 5.32 Å². The fourth-order valence-corrected chi connectivity index (χ4v) is 2.72. The van der Waals surface area contributed by atoms with Crippen LogP contribution in [0.4, 0.5) is 5.69 Å². The van der Waals surface area contributed by atoms with E-state index in [1.807, 2.05) is 32.0 Å². The van der Waals surface area contributed by atoms with Crippen LogP contribution in [0.2, 0.25) is 0 Å². The number of fused-ring (bicyclic) bond motifs is 1. The van der Waals surface area contributed by atoms with Gasteiger partial charge in [-0.3, -0.25) is 10.1 Å². The van der Waals surface area contributed by atoms with E-state index in [9.17, 15) is 14.9 Å². The second-order valence-electron chi connectivity index (χ2n) is 5.66. The van der Waals surface area contributed by atoms with E-state index in [1.54, 1.807) is 24.3 Å². The van der Waals surface area contributed by atoms with E-state index in [4.69, 9.17) is 4.74 Å². The molecule has 1 aliphatic rings. The van der Waals surface area contributed by atoms with Crippen LogP contribution in [0.3, 0.4) is 0 Å². The number of nitro groups is 1. The number of nitrogens with one attached hydrogen (secondary N) is 1. The van der Waals surface area contributed by atoms with Crippen LogP contribution in [-0.4, -0.2) is 10.9 Å². The molecule has 1 atom stereocenters. The summed E-state index contributed by atoms with van der Waals surface area (Å²) in [6.07, 6.45) is 0.277. The largest absolute Gasteiger partial charge is 0.442 e. The molecule has 1 N–H and O–H groups in total. The van der Waals surface area contributed by atoms with Gasteiger partial charge in [0.2, 0.25) is 6.10 Å². The van der Waals surface area contributed by atoms with Crippen LogP contribution in [-0.2, 0) is 4.74 Å². The van der Waals surface area contributed by atoms with E-state index < -0.39 is 17.0 Å². The minimum absolute atomic E-state index is 0.215. The zero-order valence-electron chi connectivity index (χ0n) is 13.3. The molecule has 0 saturated carbocycles. The molecular formula is C18H16N2O4. The van der Waals surface area contributed by atoms with Crippen LogP contribution in [0.25, 0.3) is 0 Å². The molecule has 0 amide bonds. The standard InChI is InChI=1S/C18H16N2O4/c1-11-7-8-15(12(2)9-11)19-10-16(20(22)23)17-13-5-3-4-6-14(13)18(21)24-17/h3-10,17,19H,1-2H3/b16-10-. The quantitative estimate of drug-likeness (QED) is 0.526. The first-order valence-corrected chi connectivity index (χ1v) is 7.45. The Hall–Kier alpha value is -3.15. The predicted molar refractivity (Wildman–Crippen MR) is 89.2 cm³/mol. The number of hydrogen-bond acceptors (Lipinski definition) is 5. The third-order valence-electron chi connectivity index (χ3n) is 3.92. The third-order valence-corrected chi connectivity index (χ3v) is 3.92. The number of ether oxygens (including phenoxy) is 1. The molecule has 24 heavy (non-hydrogen) atoms. The average Bonchev–Trinajstić information content (AvgIpc) is 2.87. The van der Waals surface area contributed by atoms with Crippen LogP contribution in [0.1, 0.15) is 33.2 Å². The lowest BCUT2D eigenvalue weighted by Crippen LogP contribution is -2.12. The summed E-state index contributed by atoms with van der Waals surface area (Å²) in [4.78, 5) is 22.8. The van der Waals surface area contributed by atoms with Crippen molar-refractivity contribution in [1.82, 2.24) is 0 Å². The molecule has 0 fully saturated rings. The number of esters is 1. The Morgan fingerprint density at radius 1 is 1.25 bits per heavy atom. The van der Waals surface area contributed by atoms with E-state index >= 15 is 0 Å². The lowest BCUT2D eigenvalue weighted by molar-refractivity contribution is -0.436. The van der Waals surface area contributed by atoms with Gasteiger partial charge in [0.25, 0.3) is 0 Å². The number of hydrogen-bond donors (Lipinski definition) is 1. The number of anilines is 1. The van der Waals surface area contributed by atoms with Crippen molar-refractivity contribution in [3.05, 3.63) is 86.7 Å². The number of rotatable bonds is 4. The molecule has 1 heterocycles. The van der Waals surface area contributed by atoms with Crippen LogP contribution in [0.5, 0.6) is 0 Å². The summed E-state index contributed by atoms with van der Waals surface area (Å²) in [6.45, 7) is 3.89. The van der Waals surface area contributed by atoms with Gasteiger partial charge in [0.05, 0.1) is 16.7 Å². The molecule has 122 valence electrons. The second kappa shape index (κ2) is 6.16. The van der Waals surface area contributed by atoms with Gasteiger partial charge in [-0.15, -0.1) is 0 Å². The summed E-state index contributed by atoms with van der Waals surface area (Å²) in [6, 6.07) is 12.4. The SMILES string of the molecule is Cc1ccc(N/C=C(/C2OC(=O)c3ccccc32)[N+](=O)[O-])c(C)c1. The monoisotopic (exact) mass is 324 g/mol. The minimum Gasteiger partial charge on any atom is -0.442 e. The first-order valence-electron chi connectivity index (χ1n) is 7.45. The predicted octanol–water partition coefficient (Wildman–Crippen LogP) is 3.75. The number of benzene rings is 2. The first kappa shape index (κ1) is 15.7. The maximum Gasteiger partial charge on any atom is 0.339 e. The molecule has 2 aromatic carbocycles. The molecule has 1 unspecified atom stereocenters. The van der Waals surface area contributed by atoms with Gasteiger partial charge in [-0.25, -0.2) is 4.79 Å². The van der Waals surface area contributed by atoms with Gasteiger partial charge < -0.3 is 10.1 Å². The Bertz CT molecular complexity index is 858. The van der Waals surface area contributed by atoms with Gasteiger partial charge in [-0.05, 0) is 31.5 Å². The van der Waals surface area contributed by atoms with Crippen molar-refractivity contribution in [2.75, 3.05) is 5.32 Å². The highest BCUT2D eigenvalue weighted by Gasteiger charge is 2.39. The van der Waals surface area contributed by atoms with Crippen molar-refractivity contribution in [3.8, 4) is 0 Å². The molecule has 0 radical (unpaired) electrons. The fourth-order valence-electron chi connectivity index (χ4n) is 2.72. The highest BCUT2D eigenvalue weighted by Crippen LogP contribution is 2.36. The van der Waals surface area contributed by atoms with E-state index in [-0.39, 0.29) is 5.70 Å². The number of carbonyl (C=O) groups excluding carboxylic acids is 1. The van der Waals surface area contributed by atoms with E-state index in [2.05, 4.69) is 5.32 Å². The Labute approximate surface area is 138 Å². The Morgan fingerprint density at radius 3 is 2.71 bits per heavy atom.